The first-order chi connectivity index (χ1) is 8.09. The Labute approximate surface area is 102 Å². The number of hydrogen-bond acceptors (Lipinski definition) is 1. The Bertz CT molecular complexity index is 528. The van der Waals surface area contributed by atoms with Crippen molar-refractivity contribution in [3.8, 4) is 0 Å². The first-order valence-electron chi connectivity index (χ1n) is 5.89. The highest BCUT2D eigenvalue weighted by molar-refractivity contribution is 5.83. The minimum absolute atomic E-state index is 0.140. The molecule has 1 heterocycles. The minimum Gasteiger partial charge on any atom is -0.342 e. The molecule has 0 bridgehead atoms. The summed E-state index contributed by atoms with van der Waals surface area (Å²) in [5.41, 5.74) is 1.11. The first-order valence-corrected chi connectivity index (χ1v) is 5.89. The van der Waals surface area contributed by atoms with Gasteiger partial charge in [0.1, 0.15) is 6.54 Å². The topological polar surface area (TPSA) is 25.2 Å². The average molecular weight is 230 g/mol. The van der Waals surface area contributed by atoms with E-state index >= 15 is 0 Å². The SMILES string of the molecule is CC(C)N(C)C(=O)Cn1ccc2ccccc21. The Balaban J connectivity index is 2.22. The third-order valence-corrected chi connectivity index (χ3v) is 3.15. The van der Waals surface area contributed by atoms with Crippen LogP contribution < -0.4 is 0 Å². The molecule has 0 aliphatic heterocycles. The Morgan fingerprint density at radius 2 is 2.00 bits per heavy atom. The number of aromatic nitrogens is 1. The van der Waals surface area contributed by atoms with Crippen molar-refractivity contribution < 1.29 is 4.79 Å². The van der Waals surface area contributed by atoms with Crippen molar-refractivity contribution in [2.24, 2.45) is 0 Å². The molecule has 2 rings (SSSR count). The number of nitrogens with zero attached hydrogens (tertiary/aromatic N) is 2. The van der Waals surface area contributed by atoms with Crippen LogP contribution in [0.25, 0.3) is 10.9 Å². The fourth-order valence-corrected chi connectivity index (χ4v) is 1.82. The maximum Gasteiger partial charge on any atom is 0.242 e. The lowest BCUT2D eigenvalue weighted by molar-refractivity contribution is -0.131. The molecule has 3 heteroatoms. The van der Waals surface area contributed by atoms with Crippen LogP contribution in [-0.4, -0.2) is 28.5 Å². The number of carbonyl (C=O) groups is 1. The first kappa shape index (κ1) is 11.7. The van der Waals surface area contributed by atoms with E-state index in [1.54, 1.807) is 4.90 Å². The maximum absolute atomic E-state index is 12.0. The predicted molar refractivity (Wildman–Crippen MR) is 69.8 cm³/mol. The van der Waals surface area contributed by atoms with Gasteiger partial charge in [0.15, 0.2) is 0 Å². The van der Waals surface area contributed by atoms with E-state index < -0.39 is 0 Å². The molecule has 0 fully saturated rings. The summed E-state index contributed by atoms with van der Waals surface area (Å²) in [6, 6.07) is 10.4. The summed E-state index contributed by atoms with van der Waals surface area (Å²) in [5.74, 6) is 0.140. The number of benzene rings is 1. The molecule has 0 aliphatic carbocycles. The van der Waals surface area contributed by atoms with E-state index in [-0.39, 0.29) is 11.9 Å². The molecule has 0 radical (unpaired) electrons. The summed E-state index contributed by atoms with van der Waals surface area (Å²) in [4.78, 5) is 13.8. The molecule has 1 aromatic carbocycles. The average Bonchev–Trinajstić information content (AvgIpc) is 2.71. The lowest BCUT2D eigenvalue weighted by Crippen LogP contribution is -2.35. The fourth-order valence-electron chi connectivity index (χ4n) is 1.82. The zero-order chi connectivity index (χ0) is 12.4. The number of hydrogen-bond donors (Lipinski definition) is 0. The van der Waals surface area contributed by atoms with Crippen molar-refractivity contribution in [2.75, 3.05) is 7.05 Å². The van der Waals surface area contributed by atoms with Gasteiger partial charge >= 0.3 is 0 Å². The molecule has 17 heavy (non-hydrogen) atoms. The van der Waals surface area contributed by atoms with Gasteiger partial charge in [-0.1, -0.05) is 18.2 Å². The summed E-state index contributed by atoms with van der Waals surface area (Å²) in [5, 5.41) is 1.17. The summed E-state index contributed by atoms with van der Waals surface area (Å²) < 4.78 is 2.00. The second-order valence-corrected chi connectivity index (χ2v) is 4.60. The Kier molecular flexibility index (Phi) is 3.18. The van der Waals surface area contributed by atoms with Crippen LogP contribution in [0.1, 0.15) is 13.8 Å². The van der Waals surface area contributed by atoms with Gasteiger partial charge in [-0.3, -0.25) is 4.79 Å². The standard InChI is InChI=1S/C14H18N2O/c1-11(2)15(3)14(17)10-16-9-8-12-6-4-5-7-13(12)16/h4-9,11H,10H2,1-3H3. The zero-order valence-electron chi connectivity index (χ0n) is 10.6. The Morgan fingerprint density at radius 1 is 1.29 bits per heavy atom. The van der Waals surface area contributed by atoms with Crippen LogP contribution in [-0.2, 0) is 11.3 Å². The van der Waals surface area contributed by atoms with E-state index in [1.807, 2.05) is 55.9 Å². The van der Waals surface area contributed by atoms with Gasteiger partial charge in [0.2, 0.25) is 5.91 Å². The van der Waals surface area contributed by atoms with E-state index in [4.69, 9.17) is 0 Å². The highest BCUT2D eigenvalue weighted by Crippen LogP contribution is 2.15. The van der Waals surface area contributed by atoms with Gasteiger partial charge in [-0.05, 0) is 31.4 Å². The van der Waals surface area contributed by atoms with Gasteiger partial charge in [0, 0.05) is 24.8 Å². The van der Waals surface area contributed by atoms with Crippen molar-refractivity contribution in [1.82, 2.24) is 9.47 Å². The van der Waals surface area contributed by atoms with E-state index in [0.717, 1.165) is 5.52 Å². The molecular weight excluding hydrogens is 212 g/mol. The Morgan fingerprint density at radius 3 is 2.71 bits per heavy atom. The summed E-state index contributed by atoms with van der Waals surface area (Å²) in [7, 11) is 1.85. The fraction of sp³-hybridized carbons (Fsp3) is 0.357. The lowest BCUT2D eigenvalue weighted by Gasteiger charge is -2.21. The predicted octanol–water partition coefficient (Wildman–Crippen LogP) is 2.51. The van der Waals surface area contributed by atoms with Gasteiger partial charge in [-0.25, -0.2) is 0 Å². The van der Waals surface area contributed by atoms with Gasteiger partial charge < -0.3 is 9.47 Å². The van der Waals surface area contributed by atoms with Crippen LogP contribution in [0.3, 0.4) is 0 Å². The molecular formula is C14H18N2O. The molecule has 90 valence electrons. The smallest absolute Gasteiger partial charge is 0.242 e. The van der Waals surface area contributed by atoms with Crippen LogP contribution in [0, 0.1) is 0 Å². The third-order valence-electron chi connectivity index (χ3n) is 3.15. The van der Waals surface area contributed by atoms with E-state index in [9.17, 15) is 4.79 Å². The van der Waals surface area contributed by atoms with Gasteiger partial charge in [0.05, 0.1) is 0 Å². The van der Waals surface area contributed by atoms with E-state index in [2.05, 4.69) is 6.07 Å². The summed E-state index contributed by atoms with van der Waals surface area (Å²) >= 11 is 0. The quantitative estimate of drug-likeness (QED) is 0.795. The van der Waals surface area contributed by atoms with Crippen LogP contribution in [0.5, 0.6) is 0 Å². The molecule has 0 atom stereocenters. The monoisotopic (exact) mass is 230 g/mol. The molecule has 0 unspecified atom stereocenters. The largest absolute Gasteiger partial charge is 0.342 e. The molecule has 0 spiro atoms. The second kappa shape index (κ2) is 4.62. The molecule has 0 aliphatic rings. The number of carbonyl (C=O) groups excluding carboxylic acids is 1. The van der Waals surface area contributed by atoms with E-state index in [0.29, 0.717) is 6.54 Å². The number of amides is 1. The molecule has 1 amide bonds. The number of rotatable bonds is 3. The normalized spacial score (nSPS) is 11.1. The molecule has 0 N–H and O–H groups in total. The van der Waals surface area contributed by atoms with Crippen LogP contribution in [0.4, 0.5) is 0 Å². The second-order valence-electron chi connectivity index (χ2n) is 4.60. The summed E-state index contributed by atoms with van der Waals surface area (Å²) in [6.07, 6.45) is 1.97. The van der Waals surface area contributed by atoms with Crippen molar-refractivity contribution in [1.29, 1.82) is 0 Å². The zero-order valence-corrected chi connectivity index (χ0v) is 10.6. The van der Waals surface area contributed by atoms with Crippen LogP contribution in [0.2, 0.25) is 0 Å². The van der Waals surface area contributed by atoms with Gasteiger partial charge in [-0.2, -0.15) is 0 Å². The highest BCUT2D eigenvalue weighted by atomic mass is 16.2. The number of para-hydroxylation sites is 1. The number of fused-ring (bicyclic) bond motifs is 1. The maximum atomic E-state index is 12.0. The van der Waals surface area contributed by atoms with Crippen molar-refractivity contribution in [3.63, 3.8) is 0 Å². The number of likely N-dealkylation sites (N-methyl/N-ethyl adjacent to an activating group) is 1. The van der Waals surface area contributed by atoms with Crippen LogP contribution in [0.15, 0.2) is 36.5 Å². The molecule has 0 saturated carbocycles. The van der Waals surface area contributed by atoms with Crippen molar-refractivity contribution in [2.45, 2.75) is 26.4 Å². The minimum atomic E-state index is 0.140. The Hall–Kier alpha value is -1.77. The lowest BCUT2D eigenvalue weighted by atomic mass is 10.2. The van der Waals surface area contributed by atoms with E-state index in [1.165, 1.54) is 5.39 Å². The molecule has 3 nitrogen and oxygen atoms in total. The molecule has 1 aromatic heterocycles. The summed E-state index contributed by atoms with van der Waals surface area (Å²) in [6.45, 7) is 4.44. The van der Waals surface area contributed by atoms with Crippen molar-refractivity contribution in [3.05, 3.63) is 36.5 Å². The van der Waals surface area contributed by atoms with Gasteiger partial charge in [0.25, 0.3) is 0 Å². The molecule has 2 aromatic rings. The van der Waals surface area contributed by atoms with Crippen molar-refractivity contribution >= 4 is 16.8 Å². The van der Waals surface area contributed by atoms with Gasteiger partial charge in [-0.15, -0.1) is 0 Å². The highest BCUT2D eigenvalue weighted by Gasteiger charge is 2.13. The third kappa shape index (κ3) is 2.33. The molecule has 0 saturated heterocycles. The van der Waals surface area contributed by atoms with Crippen LogP contribution >= 0.6 is 0 Å².